The van der Waals surface area contributed by atoms with Crippen LogP contribution in [-0.2, 0) is 11.3 Å². The lowest BCUT2D eigenvalue weighted by atomic mass is 10.1. The fourth-order valence-electron chi connectivity index (χ4n) is 1.81. The molecular formula is C13H23N3O2. The van der Waals surface area contributed by atoms with Gasteiger partial charge < -0.3 is 10.4 Å². The molecule has 1 heterocycles. The Morgan fingerprint density at radius 3 is 2.83 bits per heavy atom. The summed E-state index contributed by atoms with van der Waals surface area (Å²) in [6.07, 6.45) is 1.16. The van der Waals surface area contributed by atoms with Crippen molar-refractivity contribution in [2.24, 2.45) is 5.92 Å². The standard InChI is InChI=1S/C13H23N3O2/c1-10(5-7-17)9-14-13(18)4-6-16-12(3)8-11(2)15-16/h8,10,17H,4-7,9H2,1-3H3,(H,14,18). The molecule has 1 rings (SSSR count). The number of carbonyl (C=O) groups excluding carboxylic acids is 1. The molecule has 1 atom stereocenters. The van der Waals surface area contributed by atoms with Crippen LogP contribution in [0.5, 0.6) is 0 Å². The van der Waals surface area contributed by atoms with E-state index in [2.05, 4.69) is 10.4 Å². The highest BCUT2D eigenvalue weighted by Gasteiger charge is 2.07. The summed E-state index contributed by atoms with van der Waals surface area (Å²) in [5.41, 5.74) is 2.05. The summed E-state index contributed by atoms with van der Waals surface area (Å²) < 4.78 is 1.85. The Labute approximate surface area is 108 Å². The average Bonchev–Trinajstić information content (AvgIpc) is 2.63. The van der Waals surface area contributed by atoms with E-state index in [-0.39, 0.29) is 12.5 Å². The lowest BCUT2D eigenvalue weighted by molar-refractivity contribution is -0.121. The van der Waals surface area contributed by atoms with Crippen LogP contribution in [0.25, 0.3) is 0 Å². The number of carbonyl (C=O) groups is 1. The van der Waals surface area contributed by atoms with E-state index >= 15 is 0 Å². The van der Waals surface area contributed by atoms with Crippen molar-refractivity contribution in [2.45, 2.75) is 40.2 Å². The first kappa shape index (κ1) is 14.7. The van der Waals surface area contributed by atoms with Crippen LogP contribution in [0.3, 0.4) is 0 Å². The molecule has 0 spiro atoms. The highest BCUT2D eigenvalue weighted by molar-refractivity contribution is 5.75. The number of aryl methyl sites for hydroxylation is 3. The van der Waals surface area contributed by atoms with Crippen molar-refractivity contribution in [2.75, 3.05) is 13.2 Å². The Bertz CT molecular complexity index is 388. The number of aliphatic hydroxyl groups excluding tert-OH is 1. The number of rotatable bonds is 7. The van der Waals surface area contributed by atoms with Crippen molar-refractivity contribution in [3.63, 3.8) is 0 Å². The van der Waals surface area contributed by atoms with E-state index < -0.39 is 0 Å². The largest absolute Gasteiger partial charge is 0.396 e. The molecule has 1 amide bonds. The first-order valence-corrected chi connectivity index (χ1v) is 6.41. The molecule has 0 saturated heterocycles. The van der Waals surface area contributed by atoms with E-state index in [1.165, 1.54) is 0 Å². The van der Waals surface area contributed by atoms with Crippen LogP contribution in [0.2, 0.25) is 0 Å². The molecule has 0 radical (unpaired) electrons. The van der Waals surface area contributed by atoms with Gasteiger partial charge in [0, 0.05) is 31.8 Å². The molecule has 18 heavy (non-hydrogen) atoms. The molecule has 0 aliphatic heterocycles. The van der Waals surface area contributed by atoms with Crippen molar-refractivity contribution in [1.82, 2.24) is 15.1 Å². The maximum absolute atomic E-state index is 11.6. The highest BCUT2D eigenvalue weighted by atomic mass is 16.3. The molecule has 0 aliphatic carbocycles. The van der Waals surface area contributed by atoms with Gasteiger partial charge in [0.25, 0.3) is 0 Å². The minimum atomic E-state index is 0.0346. The zero-order valence-electron chi connectivity index (χ0n) is 11.4. The van der Waals surface area contributed by atoms with Crippen LogP contribution in [0, 0.1) is 19.8 Å². The molecule has 1 unspecified atom stereocenters. The van der Waals surface area contributed by atoms with E-state index in [0.717, 1.165) is 17.8 Å². The first-order chi connectivity index (χ1) is 8.52. The van der Waals surface area contributed by atoms with Crippen molar-refractivity contribution < 1.29 is 9.90 Å². The number of amides is 1. The van der Waals surface area contributed by atoms with Crippen molar-refractivity contribution in [3.05, 3.63) is 17.5 Å². The SMILES string of the molecule is Cc1cc(C)n(CCC(=O)NCC(C)CCO)n1. The van der Waals surface area contributed by atoms with Crippen LogP contribution in [0.15, 0.2) is 6.07 Å². The van der Waals surface area contributed by atoms with Gasteiger partial charge in [0.05, 0.1) is 5.69 Å². The van der Waals surface area contributed by atoms with Crippen LogP contribution in [0.4, 0.5) is 0 Å². The Morgan fingerprint density at radius 2 is 2.28 bits per heavy atom. The fraction of sp³-hybridized carbons (Fsp3) is 0.692. The van der Waals surface area contributed by atoms with E-state index in [1.54, 1.807) is 0 Å². The Morgan fingerprint density at radius 1 is 1.56 bits per heavy atom. The smallest absolute Gasteiger partial charge is 0.221 e. The molecule has 0 saturated carbocycles. The zero-order valence-corrected chi connectivity index (χ0v) is 11.4. The monoisotopic (exact) mass is 253 g/mol. The maximum atomic E-state index is 11.6. The second kappa shape index (κ2) is 7.16. The summed E-state index contributed by atoms with van der Waals surface area (Å²) in [7, 11) is 0. The molecule has 0 aromatic carbocycles. The summed E-state index contributed by atoms with van der Waals surface area (Å²) >= 11 is 0. The van der Waals surface area contributed by atoms with E-state index in [4.69, 9.17) is 5.11 Å². The molecular weight excluding hydrogens is 230 g/mol. The van der Waals surface area contributed by atoms with Crippen molar-refractivity contribution in [3.8, 4) is 0 Å². The van der Waals surface area contributed by atoms with Crippen LogP contribution >= 0.6 is 0 Å². The quantitative estimate of drug-likeness (QED) is 0.762. The van der Waals surface area contributed by atoms with Crippen molar-refractivity contribution in [1.29, 1.82) is 0 Å². The molecule has 1 aromatic rings. The molecule has 2 N–H and O–H groups in total. The number of hydrogen-bond acceptors (Lipinski definition) is 3. The normalized spacial score (nSPS) is 12.4. The van der Waals surface area contributed by atoms with Gasteiger partial charge in [-0.05, 0) is 32.3 Å². The predicted octanol–water partition coefficient (Wildman–Crippen LogP) is 1.02. The fourth-order valence-corrected chi connectivity index (χ4v) is 1.81. The third kappa shape index (κ3) is 4.87. The van der Waals surface area contributed by atoms with Crippen molar-refractivity contribution >= 4 is 5.91 Å². The molecule has 5 heteroatoms. The summed E-state index contributed by atoms with van der Waals surface area (Å²) in [4.78, 5) is 11.6. The van der Waals surface area contributed by atoms with Gasteiger partial charge in [-0.15, -0.1) is 0 Å². The number of aliphatic hydroxyl groups is 1. The molecule has 0 fully saturated rings. The van der Waals surface area contributed by atoms with Gasteiger partial charge >= 0.3 is 0 Å². The number of aromatic nitrogens is 2. The lowest BCUT2D eigenvalue weighted by Gasteiger charge is -2.11. The molecule has 1 aromatic heterocycles. The summed E-state index contributed by atoms with van der Waals surface area (Å²) in [6, 6.07) is 2.00. The number of nitrogens with one attached hydrogen (secondary N) is 1. The number of nitrogens with zero attached hydrogens (tertiary/aromatic N) is 2. The molecule has 102 valence electrons. The minimum absolute atomic E-state index is 0.0346. The Balaban J connectivity index is 2.27. The minimum Gasteiger partial charge on any atom is -0.396 e. The second-order valence-corrected chi connectivity index (χ2v) is 4.82. The molecule has 5 nitrogen and oxygen atoms in total. The zero-order chi connectivity index (χ0) is 13.5. The van der Waals surface area contributed by atoms with Gasteiger partial charge in [-0.25, -0.2) is 0 Å². The van der Waals surface area contributed by atoms with Gasteiger partial charge in [0.15, 0.2) is 0 Å². The lowest BCUT2D eigenvalue weighted by Crippen LogP contribution is -2.29. The summed E-state index contributed by atoms with van der Waals surface area (Å²) in [5, 5.41) is 15.9. The molecule has 0 aliphatic rings. The van der Waals surface area contributed by atoms with Gasteiger partial charge in [-0.3, -0.25) is 9.48 Å². The highest BCUT2D eigenvalue weighted by Crippen LogP contribution is 2.03. The average molecular weight is 253 g/mol. The van der Waals surface area contributed by atoms with Gasteiger partial charge in [0.2, 0.25) is 5.91 Å². The maximum Gasteiger partial charge on any atom is 0.221 e. The van der Waals surface area contributed by atoms with Gasteiger partial charge in [-0.2, -0.15) is 5.10 Å². The van der Waals surface area contributed by atoms with Crippen LogP contribution in [0.1, 0.15) is 31.2 Å². The van der Waals surface area contributed by atoms with Crippen LogP contribution in [-0.4, -0.2) is 33.9 Å². The summed E-state index contributed by atoms with van der Waals surface area (Å²) in [5.74, 6) is 0.347. The first-order valence-electron chi connectivity index (χ1n) is 6.41. The second-order valence-electron chi connectivity index (χ2n) is 4.82. The predicted molar refractivity (Wildman–Crippen MR) is 70.2 cm³/mol. The van der Waals surface area contributed by atoms with Gasteiger partial charge in [-0.1, -0.05) is 6.92 Å². The number of hydrogen-bond donors (Lipinski definition) is 2. The van der Waals surface area contributed by atoms with Gasteiger partial charge in [0.1, 0.15) is 0 Å². The Kier molecular flexibility index (Phi) is 5.85. The van der Waals surface area contributed by atoms with E-state index in [9.17, 15) is 4.79 Å². The third-order valence-corrected chi connectivity index (χ3v) is 2.92. The summed E-state index contributed by atoms with van der Waals surface area (Å²) in [6.45, 7) is 7.35. The molecule has 0 bridgehead atoms. The van der Waals surface area contributed by atoms with Crippen LogP contribution < -0.4 is 5.32 Å². The third-order valence-electron chi connectivity index (χ3n) is 2.92. The van der Waals surface area contributed by atoms with E-state index in [0.29, 0.717) is 25.4 Å². The topological polar surface area (TPSA) is 67.2 Å². The Hall–Kier alpha value is -1.36. The van der Waals surface area contributed by atoms with E-state index in [1.807, 2.05) is 31.5 Å².